The van der Waals surface area contributed by atoms with Crippen LogP contribution in [0.15, 0.2) is 47.1 Å². The number of nitrogens with zero attached hydrogens (tertiary/aromatic N) is 5. The lowest BCUT2D eigenvalue weighted by Gasteiger charge is -2.33. The lowest BCUT2D eigenvalue weighted by atomic mass is 9.96. The molecule has 3 aromatic rings. The second kappa shape index (κ2) is 9.80. The van der Waals surface area contributed by atoms with Gasteiger partial charge in [-0.2, -0.15) is 4.98 Å². The minimum Gasteiger partial charge on any atom is -0.378 e. The van der Waals surface area contributed by atoms with Crippen molar-refractivity contribution in [2.45, 2.75) is 32.7 Å². The smallest absolute Gasteiger partial charge is 0.226 e. The molecule has 1 amide bonds. The molecule has 1 saturated heterocycles. The van der Waals surface area contributed by atoms with Crippen molar-refractivity contribution in [2.75, 3.05) is 37.0 Å². The predicted molar refractivity (Wildman–Crippen MR) is 124 cm³/mol. The van der Waals surface area contributed by atoms with Gasteiger partial charge < -0.3 is 19.6 Å². The van der Waals surface area contributed by atoms with Crippen LogP contribution in [0, 0.1) is 5.92 Å². The maximum atomic E-state index is 12.9. The van der Waals surface area contributed by atoms with Crippen LogP contribution in [0.5, 0.6) is 0 Å². The fraction of sp³-hybridized carbons (Fsp3) is 0.417. The maximum Gasteiger partial charge on any atom is 0.226 e. The van der Waals surface area contributed by atoms with Crippen molar-refractivity contribution < 1.29 is 9.32 Å². The van der Waals surface area contributed by atoms with Crippen molar-refractivity contribution >= 4 is 17.4 Å². The van der Waals surface area contributed by atoms with Crippen molar-refractivity contribution in [2.24, 2.45) is 5.92 Å². The number of aryl methyl sites for hydroxylation is 1. The number of carbonyl (C=O) groups is 1. The van der Waals surface area contributed by atoms with Gasteiger partial charge in [-0.3, -0.25) is 4.79 Å². The summed E-state index contributed by atoms with van der Waals surface area (Å²) in [5.41, 5.74) is 3.06. The van der Waals surface area contributed by atoms with E-state index < -0.39 is 0 Å². The quantitative estimate of drug-likeness (QED) is 0.610. The minimum absolute atomic E-state index is 0.0803. The lowest BCUT2D eigenvalue weighted by Crippen LogP contribution is -2.43. The highest BCUT2D eigenvalue weighted by molar-refractivity contribution is 5.80. The van der Waals surface area contributed by atoms with E-state index in [2.05, 4.69) is 54.5 Å². The van der Waals surface area contributed by atoms with Crippen LogP contribution in [-0.2, 0) is 17.8 Å². The van der Waals surface area contributed by atoms with Gasteiger partial charge in [0.25, 0.3) is 0 Å². The second-order valence-corrected chi connectivity index (χ2v) is 8.30. The Balaban J connectivity index is 1.42. The van der Waals surface area contributed by atoms with Gasteiger partial charge in [-0.1, -0.05) is 24.2 Å². The second-order valence-electron chi connectivity index (χ2n) is 8.30. The minimum atomic E-state index is -0.0869. The van der Waals surface area contributed by atoms with E-state index in [9.17, 15) is 4.79 Å². The maximum absolute atomic E-state index is 12.9. The molecular weight excluding hydrogens is 404 g/mol. The number of anilines is 2. The van der Waals surface area contributed by atoms with Gasteiger partial charge in [0.1, 0.15) is 5.82 Å². The van der Waals surface area contributed by atoms with E-state index in [0.717, 1.165) is 42.0 Å². The predicted octanol–water partition coefficient (Wildman–Crippen LogP) is 3.29. The van der Waals surface area contributed by atoms with Crippen LogP contribution in [0.2, 0.25) is 0 Å². The van der Waals surface area contributed by atoms with Gasteiger partial charge in [-0.15, -0.1) is 0 Å². The Morgan fingerprint density at radius 3 is 2.78 bits per heavy atom. The number of carbonyl (C=O) groups excluding carboxylic acids is 1. The molecule has 32 heavy (non-hydrogen) atoms. The number of pyridine rings is 1. The highest BCUT2D eigenvalue weighted by Crippen LogP contribution is 2.30. The third-order valence-electron chi connectivity index (χ3n) is 5.81. The molecule has 1 aromatic carbocycles. The number of benzene rings is 1. The van der Waals surface area contributed by atoms with Gasteiger partial charge in [0.15, 0.2) is 0 Å². The van der Waals surface area contributed by atoms with Crippen molar-refractivity contribution in [3.63, 3.8) is 0 Å². The molecule has 1 N–H and O–H groups in total. The first-order chi connectivity index (χ1) is 15.5. The summed E-state index contributed by atoms with van der Waals surface area (Å²) in [5, 5.41) is 7.22. The summed E-state index contributed by atoms with van der Waals surface area (Å²) >= 11 is 0. The average molecular weight is 435 g/mol. The van der Waals surface area contributed by atoms with Crippen molar-refractivity contribution in [1.29, 1.82) is 0 Å². The van der Waals surface area contributed by atoms with Crippen molar-refractivity contribution in [3.05, 3.63) is 54.0 Å². The van der Waals surface area contributed by atoms with E-state index in [1.807, 2.05) is 33.2 Å². The van der Waals surface area contributed by atoms with Crippen LogP contribution in [-0.4, -0.2) is 48.2 Å². The Morgan fingerprint density at radius 1 is 1.25 bits per heavy atom. The highest BCUT2D eigenvalue weighted by atomic mass is 16.5. The van der Waals surface area contributed by atoms with Gasteiger partial charge in [-0.05, 0) is 42.7 Å². The third kappa shape index (κ3) is 4.90. The largest absolute Gasteiger partial charge is 0.378 e. The number of rotatable bonds is 7. The molecule has 0 spiro atoms. The van der Waals surface area contributed by atoms with E-state index >= 15 is 0 Å². The molecule has 0 aliphatic carbocycles. The zero-order valence-corrected chi connectivity index (χ0v) is 18.9. The highest BCUT2D eigenvalue weighted by Gasteiger charge is 2.28. The molecular formula is C24H30N6O2. The first-order valence-corrected chi connectivity index (χ1v) is 11.1. The standard InChI is InChI=1S/C24H30N6O2/c1-4-21-27-22(28-32-21)20-8-5-13-25-23(20)30-14-6-7-18(16-30)24(31)26-15-17-9-11-19(12-10-17)29(2)3/h5,8-13,18H,4,6-7,14-16H2,1-3H3,(H,26,31)/t18-/m0/s1. The molecule has 2 aromatic heterocycles. The summed E-state index contributed by atoms with van der Waals surface area (Å²) in [7, 11) is 4.03. The normalized spacial score (nSPS) is 16.1. The lowest BCUT2D eigenvalue weighted by molar-refractivity contribution is -0.125. The van der Waals surface area contributed by atoms with Crippen LogP contribution in [0.3, 0.4) is 0 Å². The summed E-state index contributed by atoms with van der Waals surface area (Å²) < 4.78 is 5.29. The molecule has 0 radical (unpaired) electrons. The molecule has 4 rings (SSSR count). The van der Waals surface area contributed by atoms with Gasteiger partial charge in [-0.25, -0.2) is 4.98 Å². The summed E-state index contributed by atoms with van der Waals surface area (Å²) in [6, 6.07) is 12.1. The average Bonchev–Trinajstić information content (AvgIpc) is 3.32. The van der Waals surface area contributed by atoms with Gasteiger partial charge in [0, 0.05) is 52.0 Å². The van der Waals surface area contributed by atoms with Gasteiger partial charge in [0.05, 0.1) is 11.5 Å². The molecule has 0 unspecified atom stereocenters. The van der Waals surface area contributed by atoms with E-state index in [0.29, 0.717) is 31.2 Å². The molecule has 3 heterocycles. The third-order valence-corrected chi connectivity index (χ3v) is 5.81. The SMILES string of the molecule is CCc1nc(-c2cccnc2N2CCC[C@H](C(=O)NCc3ccc(N(C)C)cc3)C2)no1. The number of amides is 1. The Kier molecular flexibility index (Phi) is 6.68. The molecule has 1 fully saturated rings. The zero-order chi connectivity index (χ0) is 22.5. The van der Waals surface area contributed by atoms with E-state index in [-0.39, 0.29) is 11.8 Å². The van der Waals surface area contributed by atoms with Crippen LogP contribution in [0.1, 0.15) is 31.2 Å². The summed E-state index contributed by atoms with van der Waals surface area (Å²) in [5.74, 6) is 1.93. The fourth-order valence-electron chi connectivity index (χ4n) is 3.96. The molecule has 8 nitrogen and oxygen atoms in total. The van der Waals surface area contributed by atoms with Crippen LogP contribution < -0.4 is 15.1 Å². The molecule has 1 aliphatic heterocycles. The topological polar surface area (TPSA) is 87.4 Å². The molecule has 1 aliphatic rings. The molecule has 8 heteroatoms. The molecule has 0 saturated carbocycles. The monoisotopic (exact) mass is 434 g/mol. The van der Waals surface area contributed by atoms with Gasteiger partial charge >= 0.3 is 0 Å². The van der Waals surface area contributed by atoms with E-state index in [1.54, 1.807) is 6.20 Å². The summed E-state index contributed by atoms with van der Waals surface area (Å²) in [4.78, 5) is 26.2. The number of aromatic nitrogens is 3. The van der Waals surface area contributed by atoms with Crippen molar-refractivity contribution in [1.82, 2.24) is 20.4 Å². The Bertz CT molecular complexity index is 1050. The Morgan fingerprint density at radius 2 is 2.06 bits per heavy atom. The van der Waals surface area contributed by atoms with Crippen molar-refractivity contribution in [3.8, 4) is 11.4 Å². The molecule has 0 bridgehead atoms. The van der Waals surface area contributed by atoms with Gasteiger partial charge in [0.2, 0.25) is 17.6 Å². The first-order valence-electron chi connectivity index (χ1n) is 11.1. The van der Waals surface area contributed by atoms with Crippen LogP contribution >= 0.6 is 0 Å². The number of hydrogen-bond acceptors (Lipinski definition) is 7. The molecule has 1 atom stereocenters. The van der Waals surface area contributed by atoms with E-state index in [1.165, 1.54) is 0 Å². The number of piperidine rings is 1. The Labute approximate surface area is 188 Å². The Hall–Kier alpha value is -3.42. The van der Waals surface area contributed by atoms with Crippen LogP contribution in [0.25, 0.3) is 11.4 Å². The summed E-state index contributed by atoms with van der Waals surface area (Å²) in [6.07, 6.45) is 4.25. The summed E-state index contributed by atoms with van der Waals surface area (Å²) in [6.45, 7) is 3.97. The zero-order valence-electron chi connectivity index (χ0n) is 18.9. The fourth-order valence-corrected chi connectivity index (χ4v) is 3.96. The van der Waals surface area contributed by atoms with E-state index in [4.69, 9.17) is 4.52 Å². The van der Waals surface area contributed by atoms with Crippen LogP contribution in [0.4, 0.5) is 11.5 Å². The number of hydrogen-bond donors (Lipinski definition) is 1. The first kappa shape index (κ1) is 21.8. The number of nitrogens with one attached hydrogen (secondary N) is 1. The molecule has 168 valence electrons.